The standard InChI is InChI=1S/C14H18N2OS/c1-9-12(10(2)16(4)15-9)5-6-14(17)13-7-8-18-11(13)3/h7-8H,5-6H2,1-4H3. The van der Waals surface area contributed by atoms with Crippen molar-refractivity contribution in [2.24, 2.45) is 7.05 Å². The van der Waals surface area contributed by atoms with Crippen molar-refractivity contribution in [3.63, 3.8) is 0 Å². The zero-order valence-corrected chi connectivity index (χ0v) is 12.1. The maximum atomic E-state index is 12.1. The van der Waals surface area contributed by atoms with Crippen LogP contribution in [0.5, 0.6) is 0 Å². The lowest BCUT2D eigenvalue weighted by atomic mass is 10.0. The largest absolute Gasteiger partial charge is 0.294 e. The highest BCUT2D eigenvalue weighted by molar-refractivity contribution is 7.10. The van der Waals surface area contributed by atoms with Crippen LogP contribution in [0.25, 0.3) is 0 Å². The number of thiophene rings is 1. The van der Waals surface area contributed by atoms with Crippen LogP contribution < -0.4 is 0 Å². The van der Waals surface area contributed by atoms with E-state index in [1.165, 1.54) is 5.56 Å². The first-order valence-corrected chi connectivity index (χ1v) is 6.95. The molecular formula is C14H18N2OS. The van der Waals surface area contributed by atoms with Gasteiger partial charge in [-0.1, -0.05) is 0 Å². The van der Waals surface area contributed by atoms with Gasteiger partial charge in [0.2, 0.25) is 0 Å². The van der Waals surface area contributed by atoms with E-state index in [4.69, 9.17) is 0 Å². The molecule has 0 aliphatic heterocycles. The summed E-state index contributed by atoms with van der Waals surface area (Å²) < 4.78 is 1.88. The minimum absolute atomic E-state index is 0.233. The summed E-state index contributed by atoms with van der Waals surface area (Å²) in [5.74, 6) is 0.233. The minimum Gasteiger partial charge on any atom is -0.294 e. The van der Waals surface area contributed by atoms with Gasteiger partial charge in [-0.25, -0.2) is 0 Å². The van der Waals surface area contributed by atoms with Crippen molar-refractivity contribution in [3.05, 3.63) is 38.8 Å². The molecule has 0 atom stereocenters. The summed E-state index contributed by atoms with van der Waals surface area (Å²) in [6, 6.07) is 1.92. The van der Waals surface area contributed by atoms with Crippen molar-refractivity contribution in [2.45, 2.75) is 33.6 Å². The zero-order chi connectivity index (χ0) is 13.3. The molecule has 0 bridgehead atoms. The zero-order valence-electron chi connectivity index (χ0n) is 11.3. The smallest absolute Gasteiger partial charge is 0.164 e. The number of carbonyl (C=O) groups is 1. The van der Waals surface area contributed by atoms with Crippen LogP contribution in [0.15, 0.2) is 11.4 Å². The number of hydrogen-bond donors (Lipinski definition) is 0. The Labute approximate surface area is 111 Å². The predicted molar refractivity (Wildman–Crippen MR) is 74.4 cm³/mol. The van der Waals surface area contributed by atoms with Gasteiger partial charge in [0.15, 0.2) is 5.78 Å². The molecule has 4 heteroatoms. The molecule has 96 valence electrons. The lowest BCUT2D eigenvalue weighted by molar-refractivity contribution is 0.0982. The van der Waals surface area contributed by atoms with E-state index in [0.29, 0.717) is 6.42 Å². The van der Waals surface area contributed by atoms with Crippen LogP contribution >= 0.6 is 11.3 Å². The molecule has 0 spiro atoms. The van der Waals surface area contributed by atoms with Gasteiger partial charge in [-0.2, -0.15) is 5.10 Å². The summed E-state index contributed by atoms with van der Waals surface area (Å²) in [5, 5.41) is 6.35. The van der Waals surface area contributed by atoms with E-state index in [-0.39, 0.29) is 5.78 Å². The molecule has 0 aromatic carbocycles. The second kappa shape index (κ2) is 5.06. The number of aromatic nitrogens is 2. The highest BCUT2D eigenvalue weighted by Crippen LogP contribution is 2.19. The lowest BCUT2D eigenvalue weighted by Gasteiger charge is -2.02. The molecule has 2 heterocycles. The summed E-state index contributed by atoms with van der Waals surface area (Å²) in [4.78, 5) is 13.2. The molecule has 18 heavy (non-hydrogen) atoms. The molecule has 0 N–H and O–H groups in total. The van der Waals surface area contributed by atoms with Gasteiger partial charge in [0, 0.05) is 29.6 Å². The molecule has 3 nitrogen and oxygen atoms in total. The Hall–Kier alpha value is -1.42. The van der Waals surface area contributed by atoms with E-state index in [9.17, 15) is 4.79 Å². The molecule has 2 aromatic heterocycles. The van der Waals surface area contributed by atoms with Crippen molar-refractivity contribution >= 4 is 17.1 Å². The number of rotatable bonds is 4. The van der Waals surface area contributed by atoms with Crippen molar-refractivity contribution in [2.75, 3.05) is 0 Å². The van der Waals surface area contributed by atoms with E-state index in [1.54, 1.807) is 11.3 Å². The third-order valence-corrected chi connectivity index (χ3v) is 4.27. The Balaban J connectivity index is 2.09. The van der Waals surface area contributed by atoms with Gasteiger partial charge >= 0.3 is 0 Å². The summed E-state index contributed by atoms with van der Waals surface area (Å²) in [7, 11) is 1.94. The van der Waals surface area contributed by atoms with Gasteiger partial charge < -0.3 is 0 Å². The molecule has 0 unspecified atom stereocenters. The van der Waals surface area contributed by atoms with Crippen LogP contribution in [0.3, 0.4) is 0 Å². The highest BCUT2D eigenvalue weighted by Gasteiger charge is 2.14. The van der Waals surface area contributed by atoms with Gasteiger partial charge in [-0.3, -0.25) is 9.48 Å². The van der Waals surface area contributed by atoms with Gasteiger partial charge in [-0.05, 0) is 44.2 Å². The molecule has 0 saturated carbocycles. The van der Waals surface area contributed by atoms with Crippen LogP contribution in [0.2, 0.25) is 0 Å². The first kappa shape index (κ1) is 13.0. The maximum absolute atomic E-state index is 12.1. The second-order valence-corrected chi connectivity index (χ2v) is 5.71. The fraction of sp³-hybridized carbons (Fsp3) is 0.429. The fourth-order valence-electron chi connectivity index (χ4n) is 2.23. The molecular weight excluding hydrogens is 244 g/mol. The Morgan fingerprint density at radius 2 is 2.11 bits per heavy atom. The average Bonchev–Trinajstić information content (AvgIpc) is 2.83. The Bertz CT molecular complexity index is 581. The predicted octanol–water partition coefficient (Wildman–Crippen LogP) is 3.22. The van der Waals surface area contributed by atoms with Crippen molar-refractivity contribution in [1.82, 2.24) is 9.78 Å². The first-order chi connectivity index (χ1) is 8.50. The van der Waals surface area contributed by atoms with Crippen LogP contribution in [0.4, 0.5) is 0 Å². The molecule has 0 saturated heterocycles. The number of aryl methyl sites for hydroxylation is 3. The Morgan fingerprint density at radius 1 is 1.39 bits per heavy atom. The molecule has 0 amide bonds. The Morgan fingerprint density at radius 3 is 2.61 bits per heavy atom. The van der Waals surface area contributed by atoms with Crippen molar-refractivity contribution in [3.8, 4) is 0 Å². The third kappa shape index (κ3) is 2.38. The quantitative estimate of drug-likeness (QED) is 0.793. The number of Topliss-reactive ketones (excluding diaryl/α,β-unsaturated/α-hetero) is 1. The lowest BCUT2D eigenvalue weighted by Crippen LogP contribution is -2.02. The normalized spacial score (nSPS) is 10.9. The fourth-order valence-corrected chi connectivity index (χ4v) is 2.94. The van der Waals surface area contributed by atoms with Crippen molar-refractivity contribution < 1.29 is 4.79 Å². The van der Waals surface area contributed by atoms with E-state index < -0.39 is 0 Å². The number of ketones is 1. The van der Waals surface area contributed by atoms with E-state index >= 15 is 0 Å². The SMILES string of the molecule is Cc1nn(C)c(C)c1CCC(=O)c1ccsc1C. The van der Waals surface area contributed by atoms with Gasteiger partial charge in [-0.15, -0.1) is 11.3 Å². The number of nitrogens with zero attached hydrogens (tertiary/aromatic N) is 2. The molecule has 2 rings (SSSR count). The van der Waals surface area contributed by atoms with Crippen LogP contribution in [0.1, 0.15) is 38.6 Å². The number of carbonyl (C=O) groups excluding carboxylic acids is 1. The minimum atomic E-state index is 0.233. The Kier molecular flexibility index (Phi) is 3.66. The average molecular weight is 262 g/mol. The van der Waals surface area contributed by atoms with E-state index in [1.807, 2.05) is 37.0 Å². The molecule has 0 fully saturated rings. The molecule has 2 aromatic rings. The summed E-state index contributed by atoms with van der Waals surface area (Å²) in [5.41, 5.74) is 4.27. The third-order valence-electron chi connectivity index (χ3n) is 3.42. The molecule has 0 aliphatic carbocycles. The summed E-state index contributed by atoms with van der Waals surface area (Å²) >= 11 is 1.63. The van der Waals surface area contributed by atoms with E-state index in [2.05, 4.69) is 12.0 Å². The molecule has 0 radical (unpaired) electrons. The first-order valence-electron chi connectivity index (χ1n) is 6.07. The van der Waals surface area contributed by atoms with Crippen LogP contribution in [-0.4, -0.2) is 15.6 Å². The second-order valence-electron chi connectivity index (χ2n) is 4.59. The summed E-state index contributed by atoms with van der Waals surface area (Å²) in [6.07, 6.45) is 1.34. The van der Waals surface area contributed by atoms with Crippen LogP contribution in [0, 0.1) is 20.8 Å². The van der Waals surface area contributed by atoms with E-state index in [0.717, 1.165) is 28.2 Å². The molecule has 0 aliphatic rings. The van der Waals surface area contributed by atoms with Gasteiger partial charge in [0.25, 0.3) is 0 Å². The van der Waals surface area contributed by atoms with Crippen molar-refractivity contribution in [1.29, 1.82) is 0 Å². The van der Waals surface area contributed by atoms with Gasteiger partial charge in [0.1, 0.15) is 0 Å². The number of hydrogen-bond acceptors (Lipinski definition) is 3. The topological polar surface area (TPSA) is 34.9 Å². The summed E-state index contributed by atoms with van der Waals surface area (Å²) in [6.45, 7) is 6.05. The maximum Gasteiger partial charge on any atom is 0.164 e. The monoisotopic (exact) mass is 262 g/mol. The van der Waals surface area contributed by atoms with Crippen LogP contribution in [-0.2, 0) is 13.5 Å². The highest BCUT2D eigenvalue weighted by atomic mass is 32.1. The van der Waals surface area contributed by atoms with Gasteiger partial charge in [0.05, 0.1) is 5.69 Å².